The first-order chi connectivity index (χ1) is 16.0. The van der Waals surface area contributed by atoms with Crippen molar-refractivity contribution in [2.75, 3.05) is 7.11 Å². The molecular formula is C29H27ClFNO. The first-order valence-corrected chi connectivity index (χ1v) is 12.0. The lowest BCUT2D eigenvalue weighted by molar-refractivity contribution is 0.387. The molecule has 4 heteroatoms. The van der Waals surface area contributed by atoms with Gasteiger partial charge in [-0.05, 0) is 54.0 Å². The Labute approximate surface area is 199 Å². The molecule has 0 unspecified atom stereocenters. The van der Waals surface area contributed by atoms with Crippen LogP contribution in [0.2, 0.25) is 5.02 Å². The molecule has 0 saturated heterocycles. The Morgan fingerprint density at radius 1 is 0.879 bits per heavy atom. The first-order valence-electron chi connectivity index (χ1n) is 11.6. The van der Waals surface area contributed by atoms with Gasteiger partial charge in [0.1, 0.15) is 0 Å². The molecule has 5 rings (SSSR count). The van der Waals surface area contributed by atoms with Crippen LogP contribution in [0.5, 0.6) is 5.75 Å². The number of nitrogens with zero attached hydrogens (tertiary/aromatic N) is 1. The lowest BCUT2D eigenvalue weighted by Gasteiger charge is -2.22. The topological polar surface area (TPSA) is 22.1 Å². The zero-order valence-corrected chi connectivity index (χ0v) is 19.8. The van der Waals surface area contributed by atoms with Gasteiger partial charge in [0.2, 0.25) is 0 Å². The second kappa shape index (κ2) is 9.15. The minimum Gasteiger partial charge on any atom is -0.494 e. The van der Waals surface area contributed by atoms with Crippen molar-refractivity contribution in [3.63, 3.8) is 0 Å². The minimum atomic E-state index is -0.449. The van der Waals surface area contributed by atoms with Crippen molar-refractivity contribution < 1.29 is 9.13 Å². The number of pyridine rings is 1. The van der Waals surface area contributed by atoms with E-state index in [1.54, 1.807) is 6.07 Å². The maximum Gasteiger partial charge on any atom is 0.165 e. The predicted molar refractivity (Wildman–Crippen MR) is 135 cm³/mol. The molecule has 0 aliphatic heterocycles. The van der Waals surface area contributed by atoms with E-state index in [0.717, 1.165) is 22.4 Å². The summed E-state index contributed by atoms with van der Waals surface area (Å²) in [5, 5.41) is 1.08. The van der Waals surface area contributed by atoms with Gasteiger partial charge in [0, 0.05) is 22.7 Å². The molecule has 1 saturated carbocycles. The highest BCUT2D eigenvalue weighted by Gasteiger charge is 2.17. The van der Waals surface area contributed by atoms with Crippen LogP contribution in [-0.4, -0.2) is 12.1 Å². The highest BCUT2D eigenvalue weighted by Crippen LogP contribution is 2.39. The molecule has 33 heavy (non-hydrogen) atoms. The highest BCUT2D eigenvalue weighted by molar-refractivity contribution is 6.38. The van der Waals surface area contributed by atoms with Gasteiger partial charge in [-0.2, -0.15) is 0 Å². The number of rotatable bonds is 4. The lowest BCUT2D eigenvalue weighted by atomic mass is 9.83. The fourth-order valence-corrected chi connectivity index (χ4v) is 5.44. The number of hydrogen-bond acceptors (Lipinski definition) is 2. The standard InChI is InChI=1S/C29H27ClFNO/c1-18-28(29(30)24-16-25(31)27(33-2)17-26(24)32-18)23-14-12-22(13-15-23)21-10-8-20(9-11-21)19-6-4-3-5-7-19/h8-17,19H,3-7H2,1-2H3. The maximum atomic E-state index is 14.3. The van der Waals surface area contributed by atoms with E-state index in [9.17, 15) is 4.39 Å². The Balaban J connectivity index is 1.46. The summed E-state index contributed by atoms with van der Waals surface area (Å²) in [7, 11) is 1.44. The molecule has 4 aromatic rings. The summed E-state index contributed by atoms with van der Waals surface area (Å²) in [5.41, 5.74) is 7.03. The quantitative estimate of drug-likeness (QED) is 0.304. The number of benzene rings is 3. The van der Waals surface area contributed by atoms with Gasteiger partial charge in [-0.25, -0.2) is 4.39 Å². The average molecular weight is 460 g/mol. The van der Waals surface area contributed by atoms with Crippen LogP contribution >= 0.6 is 11.6 Å². The molecule has 0 N–H and O–H groups in total. The third-order valence-electron chi connectivity index (χ3n) is 6.87. The zero-order valence-electron chi connectivity index (χ0n) is 19.0. The van der Waals surface area contributed by atoms with Crippen molar-refractivity contribution in [1.29, 1.82) is 0 Å². The van der Waals surface area contributed by atoms with E-state index in [4.69, 9.17) is 16.3 Å². The van der Waals surface area contributed by atoms with Crippen molar-refractivity contribution in [3.05, 3.63) is 82.8 Å². The number of aromatic nitrogens is 1. The Kier molecular flexibility index (Phi) is 6.07. The average Bonchev–Trinajstić information content (AvgIpc) is 2.85. The zero-order chi connectivity index (χ0) is 22.9. The van der Waals surface area contributed by atoms with Crippen LogP contribution in [0.4, 0.5) is 4.39 Å². The van der Waals surface area contributed by atoms with Crippen LogP contribution in [0.1, 0.15) is 49.3 Å². The second-order valence-corrected chi connectivity index (χ2v) is 9.30. The molecule has 1 fully saturated rings. The molecule has 1 aromatic heterocycles. The van der Waals surface area contributed by atoms with Gasteiger partial charge in [0.25, 0.3) is 0 Å². The van der Waals surface area contributed by atoms with Crippen molar-refractivity contribution in [1.82, 2.24) is 4.98 Å². The summed E-state index contributed by atoms with van der Waals surface area (Å²) in [6.45, 7) is 1.92. The summed E-state index contributed by atoms with van der Waals surface area (Å²) in [6.07, 6.45) is 6.69. The largest absolute Gasteiger partial charge is 0.494 e. The molecular weight excluding hydrogens is 433 g/mol. The highest BCUT2D eigenvalue weighted by atomic mass is 35.5. The van der Waals surface area contributed by atoms with Crippen LogP contribution < -0.4 is 4.74 Å². The monoisotopic (exact) mass is 459 g/mol. The van der Waals surface area contributed by atoms with Gasteiger partial charge < -0.3 is 4.74 Å². The van der Waals surface area contributed by atoms with E-state index in [0.29, 0.717) is 21.8 Å². The molecule has 0 bridgehead atoms. The van der Waals surface area contributed by atoms with Gasteiger partial charge in [-0.3, -0.25) is 4.98 Å². The number of ether oxygens (including phenoxy) is 1. The SMILES string of the molecule is COc1cc2nc(C)c(-c3ccc(-c4ccc(C5CCCCC5)cc4)cc3)c(Cl)c2cc1F. The molecule has 1 aliphatic rings. The summed E-state index contributed by atoms with van der Waals surface area (Å²) < 4.78 is 19.4. The summed E-state index contributed by atoms with van der Waals surface area (Å²) in [6, 6.07) is 20.4. The summed E-state index contributed by atoms with van der Waals surface area (Å²) in [4.78, 5) is 4.67. The lowest BCUT2D eigenvalue weighted by Crippen LogP contribution is -2.04. The third-order valence-corrected chi connectivity index (χ3v) is 7.26. The number of fused-ring (bicyclic) bond motifs is 1. The minimum absolute atomic E-state index is 0.164. The van der Waals surface area contributed by atoms with E-state index >= 15 is 0 Å². The third kappa shape index (κ3) is 4.22. The number of halogens is 2. The summed E-state index contributed by atoms with van der Waals surface area (Å²) >= 11 is 6.75. The van der Waals surface area contributed by atoms with E-state index in [1.165, 1.54) is 56.4 Å². The molecule has 168 valence electrons. The molecule has 0 atom stereocenters. The van der Waals surface area contributed by atoms with E-state index in [1.807, 2.05) is 6.92 Å². The van der Waals surface area contributed by atoms with Gasteiger partial charge in [0.15, 0.2) is 11.6 Å². The van der Waals surface area contributed by atoms with Crippen LogP contribution in [0.25, 0.3) is 33.2 Å². The van der Waals surface area contributed by atoms with Crippen LogP contribution in [-0.2, 0) is 0 Å². The van der Waals surface area contributed by atoms with E-state index in [2.05, 4.69) is 53.5 Å². The Hall–Kier alpha value is -2.91. The fraction of sp³-hybridized carbons (Fsp3) is 0.276. The molecule has 1 heterocycles. The van der Waals surface area contributed by atoms with Gasteiger partial charge in [0.05, 0.1) is 17.6 Å². The second-order valence-electron chi connectivity index (χ2n) is 8.92. The number of methoxy groups -OCH3 is 1. The molecule has 1 aliphatic carbocycles. The van der Waals surface area contributed by atoms with E-state index < -0.39 is 5.82 Å². The van der Waals surface area contributed by atoms with Crippen molar-refractivity contribution in [3.8, 4) is 28.0 Å². The van der Waals surface area contributed by atoms with Crippen LogP contribution in [0, 0.1) is 12.7 Å². The normalized spacial score (nSPS) is 14.5. The van der Waals surface area contributed by atoms with Crippen LogP contribution in [0.3, 0.4) is 0 Å². The van der Waals surface area contributed by atoms with Crippen LogP contribution in [0.15, 0.2) is 60.7 Å². The summed E-state index contributed by atoms with van der Waals surface area (Å²) in [5.74, 6) is 0.429. The maximum absolute atomic E-state index is 14.3. The van der Waals surface area contributed by atoms with Gasteiger partial charge in [-0.1, -0.05) is 79.4 Å². The predicted octanol–water partition coefficient (Wildman–Crippen LogP) is 8.73. The van der Waals surface area contributed by atoms with Crippen molar-refractivity contribution >= 4 is 22.5 Å². The van der Waals surface area contributed by atoms with Crippen molar-refractivity contribution in [2.45, 2.75) is 44.9 Å². The van der Waals surface area contributed by atoms with Gasteiger partial charge >= 0.3 is 0 Å². The fourth-order valence-electron chi connectivity index (χ4n) is 5.05. The Morgan fingerprint density at radius 3 is 2.12 bits per heavy atom. The molecule has 2 nitrogen and oxygen atoms in total. The molecule has 3 aromatic carbocycles. The molecule has 0 amide bonds. The number of hydrogen-bond donors (Lipinski definition) is 0. The molecule has 0 radical (unpaired) electrons. The number of aryl methyl sites for hydroxylation is 1. The van der Waals surface area contributed by atoms with Gasteiger partial charge in [-0.15, -0.1) is 0 Å². The Morgan fingerprint density at radius 2 is 1.48 bits per heavy atom. The smallest absolute Gasteiger partial charge is 0.165 e. The first kappa shape index (κ1) is 21.9. The van der Waals surface area contributed by atoms with Crippen molar-refractivity contribution in [2.24, 2.45) is 0 Å². The van der Waals surface area contributed by atoms with E-state index in [-0.39, 0.29) is 5.75 Å². The Bertz CT molecular complexity index is 1290. The molecule has 0 spiro atoms.